The normalized spacial score (nSPS) is 19.6. The molecule has 0 fully saturated rings. The van der Waals surface area contributed by atoms with Gasteiger partial charge in [0, 0.05) is 43.7 Å². The summed E-state index contributed by atoms with van der Waals surface area (Å²) in [7, 11) is 0. The molecule has 71 heavy (non-hydrogen) atoms. The molecule has 5 rings (SSSR count). The van der Waals surface area contributed by atoms with Gasteiger partial charge in [0.2, 0.25) is 0 Å². The number of aromatic nitrogens is 1. The first-order valence-corrected chi connectivity index (χ1v) is 30.8. The monoisotopic (exact) mass is 1030 g/mol. The highest BCUT2D eigenvalue weighted by molar-refractivity contribution is 7.14. The van der Waals surface area contributed by atoms with E-state index in [1.165, 1.54) is 96.3 Å². The Morgan fingerprint density at radius 1 is 0.451 bits per heavy atom. The summed E-state index contributed by atoms with van der Waals surface area (Å²) in [4.78, 5) is 2.19. The molecule has 0 saturated heterocycles. The maximum Gasteiger partial charge on any atom is 0.181 e. The number of thiophene rings is 2. The highest BCUT2D eigenvalue weighted by Gasteiger charge is 2.40. The molecule has 4 unspecified atom stereocenters. The molecule has 3 aromatic heterocycles. The van der Waals surface area contributed by atoms with Gasteiger partial charge in [0.15, 0.2) is 23.0 Å². The topological polar surface area (TPSA) is 78.8 Å². The molecule has 4 atom stereocenters. The molecule has 0 aliphatic carbocycles. The van der Waals surface area contributed by atoms with Gasteiger partial charge in [0.25, 0.3) is 0 Å². The van der Waals surface area contributed by atoms with Crippen LogP contribution >= 0.6 is 22.7 Å². The second kappa shape index (κ2) is 32.9. The predicted molar refractivity (Wildman–Crippen MR) is 299 cm³/mol. The van der Waals surface area contributed by atoms with Crippen molar-refractivity contribution < 1.29 is 37.9 Å². The van der Waals surface area contributed by atoms with Crippen LogP contribution < -0.4 is 18.9 Å². The number of unbranched alkanes of at least 4 members (excludes halogenated alkanes) is 7. The van der Waals surface area contributed by atoms with Crippen molar-refractivity contribution in [2.24, 2.45) is 34.5 Å². The van der Waals surface area contributed by atoms with Gasteiger partial charge < -0.3 is 42.5 Å². The fraction of sp³-hybridized carbons (Fsp3) is 0.800. The highest BCUT2D eigenvalue weighted by atomic mass is 32.1. The average Bonchev–Trinajstić information content (AvgIpc) is 4.05. The van der Waals surface area contributed by atoms with E-state index in [1.807, 2.05) is 0 Å². The molecule has 3 aromatic rings. The number of ether oxygens (including phenoxy) is 8. The van der Waals surface area contributed by atoms with Gasteiger partial charge in [-0.25, -0.2) is 0 Å². The van der Waals surface area contributed by atoms with Gasteiger partial charge in [-0.05, 0) is 67.9 Å². The molecule has 2 aliphatic heterocycles. The first-order chi connectivity index (χ1) is 34.7. The van der Waals surface area contributed by atoms with E-state index in [9.17, 15) is 0 Å². The molecule has 406 valence electrons. The van der Waals surface area contributed by atoms with Gasteiger partial charge in [0.05, 0.1) is 58.4 Å². The van der Waals surface area contributed by atoms with Crippen molar-refractivity contribution in [2.45, 2.75) is 197 Å². The van der Waals surface area contributed by atoms with Crippen LogP contribution in [-0.2, 0) is 25.5 Å². The zero-order valence-corrected chi connectivity index (χ0v) is 48.1. The van der Waals surface area contributed by atoms with Crippen LogP contribution in [0.15, 0.2) is 22.9 Å². The van der Waals surface area contributed by atoms with E-state index in [-0.39, 0.29) is 0 Å². The zero-order chi connectivity index (χ0) is 50.7. The first kappa shape index (κ1) is 59.6. The number of fused-ring (bicyclic) bond motifs is 2. The van der Waals surface area contributed by atoms with Crippen molar-refractivity contribution in [1.82, 2.24) is 4.57 Å². The fourth-order valence-electron chi connectivity index (χ4n) is 10.1. The van der Waals surface area contributed by atoms with Crippen LogP contribution in [0, 0.1) is 34.5 Å². The van der Waals surface area contributed by atoms with Gasteiger partial charge in [-0.3, -0.25) is 0 Å². The lowest BCUT2D eigenvalue weighted by atomic mass is 9.91. The van der Waals surface area contributed by atoms with E-state index in [0.717, 1.165) is 109 Å². The minimum Gasteiger partial charge on any atom is -0.488 e. The van der Waals surface area contributed by atoms with Gasteiger partial charge in [-0.1, -0.05) is 159 Å². The maximum absolute atomic E-state index is 7.01. The Kier molecular flexibility index (Phi) is 27.6. The fourth-order valence-corrected chi connectivity index (χ4v) is 12.0. The third kappa shape index (κ3) is 18.2. The van der Waals surface area contributed by atoms with E-state index in [1.54, 1.807) is 22.7 Å². The average molecular weight is 1030 g/mol. The zero-order valence-electron chi connectivity index (χ0n) is 46.5. The summed E-state index contributed by atoms with van der Waals surface area (Å²) in [6.45, 7) is 28.5. The Balaban J connectivity index is 1.40. The quantitative estimate of drug-likeness (QED) is 0.0523. The van der Waals surface area contributed by atoms with Crippen LogP contribution in [0.3, 0.4) is 0 Å². The Labute approximate surface area is 441 Å². The molecule has 11 heteroatoms. The summed E-state index contributed by atoms with van der Waals surface area (Å²) in [5.74, 6) is 5.52. The summed E-state index contributed by atoms with van der Waals surface area (Å²) in [5, 5.41) is 4.28. The van der Waals surface area contributed by atoms with Crippen molar-refractivity contribution in [3.05, 3.63) is 22.9 Å². The van der Waals surface area contributed by atoms with E-state index < -0.39 is 10.8 Å². The third-order valence-electron chi connectivity index (χ3n) is 15.4. The van der Waals surface area contributed by atoms with Crippen molar-refractivity contribution in [3.63, 3.8) is 0 Å². The lowest BCUT2D eigenvalue weighted by Gasteiger charge is -2.32. The number of hydrogen-bond donors (Lipinski definition) is 0. The minimum absolute atomic E-state index is 0.427. The van der Waals surface area contributed by atoms with Gasteiger partial charge in [-0.15, -0.1) is 22.7 Å². The van der Waals surface area contributed by atoms with Crippen molar-refractivity contribution >= 4 is 22.7 Å². The molecule has 0 spiro atoms. The van der Waals surface area contributed by atoms with E-state index >= 15 is 0 Å². The third-order valence-corrected chi connectivity index (χ3v) is 17.4. The molecule has 0 radical (unpaired) electrons. The molecular weight excluding hydrogens is 927 g/mol. The summed E-state index contributed by atoms with van der Waals surface area (Å²) < 4.78 is 56.6. The van der Waals surface area contributed by atoms with Crippen LogP contribution in [-0.4, -0.2) is 83.8 Å². The summed E-state index contributed by atoms with van der Waals surface area (Å²) in [5.41, 5.74) is 1.43. The smallest absolute Gasteiger partial charge is 0.181 e. The molecule has 9 nitrogen and oxygen atoms in total. The lowest BCUT2D eigenvalue weighted by molar-refractivity contribution is -0.0715. The molecule has 2 aliphatic rings. The standard InChI is InChI=1S/C60H101NO8S2/c1-10-19-24-25-32-61-51(57-55-53(37-70-57)66-43-59(45-68-55,39-62-33-47(15-6)26-20-11-2)40-63-34-48(16-7)27-21-12-3)30-31-52(61)58-56-54(38-71-58)67-44-60(46-69-56,41-64-35-49(17-8)28-22-13-4)42-65-36-50(18-9)29-23-14-5/h30-31,37-38,47-50H,10-29,32-36,39-46H2,1-9H3. The van der Waals surface area contributed by atoms with Crippen LogP contribution in [0.2, 0.25) is 0 Å². The Morgan fingerprint density at radius 2 is 0.789 bits per heavy atom. The maximum atomic E-state index is 7.01. The van der Waals surface area contributed by atoms with E-state index in [2.05, 4.69) is 89.8 Å². The molecule has 0 saturated carbocycles. The summed E-state index contributed by atoms with van der Waals surface area (Å²) >= 11 is 3.42. The Bertz CT molecular complexity index is 1690. The molecule has 5 heterocycles. The van der Waals surface area contributed by atoms with Gasteiger partial charge in [0.1, 0.15) is 26.4 Å². The van der Waals surface area contributed by atoms with Crippen LogP contribution in [0.1, 0.15) is 191 Å². The number of hydrogen-bond acceptors (Lipinski definition) is 10. The van der Waals surface area contributed by atoms with Crippen LogP contribution in [0.4, 0.5) is 0 Å². The molecule has 0 N–H and O–H groups in total. The van der Waals surface area contributed by atoms with Crippen LogP contribution in [0.25, 0.3) is 21.1 Å². The SMILES string of the molecule is CCCCCCn1c(-c2scc3c2OCC(COCC(CC)CCCC)(COCC(CC)CCCC)CO3)ccc1-c1scc2c1OCC(COCC(CC)CCCC)(COCC(CC)CCCC)CO2. The largest absolute Gasteiger partial charge is 0.488 e. The lowest BCUT2D eigenvalue weighted by Crippen LogP contribution is -2.43. The highest BCUT2D eigenvalue weighted by Crippen LogP contribution is 2.51. The molecule has 0 aromatic carbocycles. The van der Waals surface area contributed by atoms with E-state index in [4.69, 9.17) is 37.9 Å². The summed E-state index contributed by atoms with van der Waals surface area (Å²) in [6.07, 6.45) is 23.8. The van der Waals surface area contributed by atoms with Gasteiger partial charge in [-0.2, -0.15) is 0 Å². The Morgan fingerprint density at radius 3 is 1.11 bits per heavy atom. The second-order valence-corrected chi connectivity index (χ2v) is 23.5. The number of rotatable bonds is 39. The first-order valence-electron chi connectivity index (χ1n) is 29.0. The van der Waals surface area contributed by atoms with Crippen molar-refractivity contribution in [1.29, 1.82) is 0 Å². The van der Waals surface area contributed by atoms with Crippen molar-refractivity contribution in [2.75, 3.05) is 79.3 Å². The Hall–Kier alpha value is -2.28. The molecular formula is C60H101NO8S2. The van der Waals surface area contributed by atoms with E-state index in [0.29, 0.717) is 76.5 Å². The van der Waals surface area contributed by atoms with Crippen LogP contribution in [0.5, 0.6) is 23.0 Å². The number of nitrogens with zero attached hydrogens (tertiary/aromatic N) is 1. The minimum atomic E-state index is -0.427. The molecule has 0 bridgehead atoms. The predicted octanol–water partition coefficient (Wildman–Crippen LogP) is 17.0. The second-order valence-electron chi connectivity index (χ2n) is 21.7. The summed E-state index contributed by atoms with van der Waals surface area (Å²) in [6, 6.07) is 4.55. The van der Waals surface area contributed by atoms with Gasteiger partial charge >= 0.3 is 0 Å². The molecule has 0 amide bonds. The van der Waals surface area contributed by atoms with Crippen molar-refractivity contribution in [3.8, 4) is 44.1 Å².